The van der Waals surface area contributed by atoms with E-state index in [1.54, 1.807) is 0 Å². The number of likely N-dealkylation sites (tertiary alicyclic amines) is 2. The van der Waals surface area contributed by atoms with Crippen molar-refractivity contribution in [1.82, 2.24) is 14.7 Å². The van der Waals surface area contributed by atoms with Gasteiger partial charge in [0.25, 0.3) is 0 Å². The van der Waals surface area contributed by atoms with Gasteiger partial charge in [-0.25, -0.2) is 18.0 Å². The molecule has 0 N–H and O–H groups in total. The maximum atomic E-state index is 13.8. The Morgan fingerprint density at radius 3 is 1.79 bits per heavy atom. The van der Waals surface area contributed by atoms with Crippen LogP contribution in [0.15, 0.2) is 42.5 Å². The molecule has 7 nitrogen and oxygen atoms in total. The van der Waals surface area contributed by atoms with Crippen LogP contribution in [0.4, 0.5) is 50.0 Å². The molecular weight excluding hydrogens is 659 g/mol. The molecule has 1 aliphatic carbocycles. The lowest BCUT2D eigenvalue weighted by Gasteiger charge is -2.40. The number of rotatable bonds is 5. The van der Waals surface area contributed by atoms with Crippen LogP contribution >= 0.6 is 0 Å². The van der Waals surface area contributed by atoms with Crippen LogP contribution in [-0.4, -0.2) is 84.8 Å². The number of alkyl halides is 8. The molecule has 0 unspecified atom stereocenters. The summed E-state index contributed by atoms with van der Waals surface area (Å²) < 4.78 is 121. The summed E-state index contributed by atoms with van der Waals surface area (Å²) in [5.41, 5.74) is -3.27. The molecule has 16 heteroatoms. The maximum Gasteiger partial charge on any atom is 0.416 e. The van der Waals surface area contributed by atoms with Gasteiger partial charge in [-0.05, 0) is 48.7 Å². The highest BCUT2D eigenvalue weighted by molar-refractivity contribution is 5.92. The second kappa shape index (κ2) is 12.8. The molecule has 2 heterocycles. The minimum absolute atomic E-state index is 0.0380. The van der Waals surface area contributed by atoms with Gasteiger partial charge in [-0.15, -0.1) is 0 Å². The van der Waals surface area contributed by atoms with Gasteiger partial charge in [0.15, 0.2) is 0 Å². The lowest BCUT2D eigenvalue weighted by Crippen LogP contribution is -2.50. The van der Waals surface area contributed by atoms with Crippen molar-refractivity contribution in [1.29, 1.82) is 0 Å². The predicted molar refractivity (Wildman–Crippen MR) is 154 cm³/mol. The van der Waals surface area contributed by atoms with Crippen molar-refractivity contribution in [3.05, 3.63) is 65.0 Å². The van der Waals surface area contributed by atoms with Gasteiger partial charge in [-0.2, -0.15) is 26.3 Å². The normalized spacial score (nSPS) is 22.0. The van der Waals surface area contributed by atoms with Gasteiger partial charge < -0.3 is 14.7 Å². The third-order valence-corrected chi connectivity index (χ3v) is 9.54. The number of carbonyl (C=O) groups excluding carboxylic acids is 3. The van der Waals surface area contributed by atoms with E-state index in [1.165, 1.54) is 41.1 Å². The van der Waals surface area contributed by atoms with Gasteiger partial charge in [-0.3, -0.25) is 14.5 Å². The van der Waals surface area contributed by atoms with E-state index in [4.69, 9.17) is 0 Å². The van der Waals surface area contributed by atoms with Crippen LogP contribution in [0, 0.1) is 17.7 Å². The molecule has 4 amide bonds. The minimum Gasteiger partial charge on any atom is -0.342 e. The van der Waals surface area contributed by atoms with E-state index >= 15 is 0 Å². The van der Waals surface area contributed by atoms with Crippen molar-refractivity contribution >= 4 is 23.5 Å². The molecule has 0 aromatic heterocycles. The smallest absolute Gasteiger partial charge is 0.342 e. The van der Waals surface area contributed by atoms with E-state index in [0.29, 0.717) is 22.6 Å². The minimum atomic E-state index is -5.12. The Morgan fingerprint density at radius 2 is 1.29 bits per heavy atom. The zero-order chi connectivity index (χ0) is 35.3. The Kier molecular flexibility index (Phi) is 9.42. The number of anilines is 1. The Labute approximate surface area is 270 Å². The van der Waals surface area contributed by atoms with E-state index in [-0.39, 0.29) is 56.9 Å². The summed E-state index contributed by atoms with van der Waals surface area (Å²) in [5.74, 6) is -5.88. The number of halogens is 9. The average Bonchev–Trinajstić information content (AvgIpc) is 3.46. The van der Waals surface area contributed by atoms with Gasteiger partial charge in [-0.1, -0.05) is 12.1 Å². The zero-order valence-corrected chi connectivity index (χ0v) is 25.9. The third-order valence-electron chi connectivity index (χ3n) is 9.54. The molecule has 3 aliphatic rings. The van der Waals surface area contributed by atoms with Crippen molar-refractivity contribution in [2.75, 3.05) is 45.2 Å². The summed E-state index contributed by atoms with van der Waals surface area (Å²) in [6.45, 7) is 0.449. The largest absolute Gasteiger partial charge is 0.416 e. The molecule has 0 spiro atoms. The van der Waals surface area contributed by atoms with Crippen molar-refractivity contribution in [3.8, 4) is 0 Å². The van der Waals surface area contributed by atoms with E-state index in [1.807, 2.05) is 0 Å². The van der Waals surface area contributed by atoms with Crippen LogP contribution in [0.1, 0.15) is 48.3 Å². The first kappa shape index (κ1) is 35.3. The van der Waals surface area contributed by atoms with E-state index in [2.05, 4.69) is 0 Å². The second-order valence-electron chi connectivity index (χ2n) is 12.7. The number of benzene rings is 2. The van der Waals surface area contributed by atoms with Gasteiger partial charge in [0.05, 0.1) is 17.2 Å². The number of nitrogens with zero attached hydrogens (tertiary/aromatic N) is 4. The van der Waals surface area contributed by atoms with Gasteiger partial charge in [0.1, 0.15) is 5.82 Å². The molecule has 2 aromatic rings. The molecule has 0 bridgehead atoms. The highest BCUT2D eigenvalue weighted by Gasteiger charge is 2.50. The molecule has 2 aliphatic heterocycles. The monoisotopic (exact) mass is 692 g/mol. The van der Waals surface area contributed by atoms with E-state index in [0.717, 1.165) is 11.9 Å². The summed E-state index contributed by atoms with van der Waals surface area (Å²) in [7, 11) is 2.36. The van der Waals surface area contributed by atoms with Crippen LogP contribution < -0.4 is 4.90 Å². The predicted octanol–water partition coefficient (Wildman–Crippen LogP) is 6.63. The van der Waals surface area contributed by atoms with Crippen molar-refractivity contribution in [2.45, 2.75) is 55.9 Å². The second-order valence-corrected chi connectivity index (χ2v) is 12.7. The van der Waals surface area contributed by atoms with E-state index in [9.17, 15) is 53.9 Å². The highest BCUT2D eigenvalue weighted by atomic mass is 19.4. The van der Waals surface area contributed by atoms with E-state index < -0.39 is 83.6 Å². The third kappa shape index (κ3) is 7.36. The summed E-state index contributed by atoms with van der Waals surface area (Å²) in [5, 5.41) is 0. The number of hydrogen-bond donors (Lipinski definition) is 0. The molecule has 262 valence electrons. The Balaban J connectivity index is 1.33. The standard InChI is InChI=1S/C32H33F9N4O3/c1-42(24-12-21(31(36,37)38)11-22(13-24)32(39,40)41)29(48)43(2)26-17-45(16-25(26)18-3-5-23(33)6-4-18)27(46)19-7-9-44(10-8-19)28(47)20-14-30(34,35)15-20/h3-6,11-13,19-20,25-26H,7-10,14-17H2,1-2H3/t25-,26+/m0/s1. The average molecular weight is 693 g/mol. The lowest BCUT2D eigenvalue weighted by molar-refractivity contribution is -0.161. The van der Waals surface area contributed by atoms with Crippen LogP contribution in [0.2, 0.25) is 0 Å². The summed E-state index contributed by atoms with van der Waals surface area (Å²) in [4.78, 5) is 44.7. The molecule has 2 saturated heterocycles. The number of carbonyl (C=O) groups is 3. The van der Waals surface area contributed by atoms with Gasteiger partial charge in [0, 0.05) is 76.6 Å². The number of amides is 4. The Morgan fingerprint density at radius 1 is 0.771 bits per heavy atom. The molecule has 5 rings (SSSR count). The molecule has 1 saturated carbocycles. The van der Waals surface area contributed by atoms with Crippen molar-refractivity contribution < 1.29 is 53.9 Å². The van der Waals surface area contributed by atoms with Crippen LogP contribution in [0.25, 0.3) is 0 Å². The topological polar surface area (TPSA) is 64.2 Å². The first-order valence-electron chi connectivity index (χ1n) is 15.3. The molecule has 3 fully saturated rings. The fourth-order valence-corrected chi connectivity index (χ4v) is 6.72. The van der Waals surface area contributed by atoms with Crippen molar-refractivity contribution in [2.24, 2.45) is 11.8 Å². The number of likely N-dealkylation sites (N-methyl/N-ethyl adjacent to an activating group) is 1. The number of urea groups is 1. The first-order valence-corrected chi connectivity index (χ1v) is 15.3. The van der Waals surface area contributed by atoms with Crippen LogP contribution in [0.3, 0.4) is 0 Å². The molecule has 48 heavy (non-hydrogen) atoms. The Hall–Kier alpha value is -3.98. The fourth-order valence-electron chi connectivity index (χ4n) is 6.72. The first-order chi connectivity index (χ1) is 22.2. The van der Waals surface area contributed by atoms with Crippen LogP contribution in [0.5, 0.6) is 0 Å². The van der Waals surface area contributed by atoms with Gasteiger partial charge >= 0.3 is 18.4 Å². The van der Waals surface area contributed by atoms with Crippen molar-refractivity contribution in [3.63, 3.8) is 0 Å². The lowest BCUT2D eigenvalue weighted by atomic mass is 9.80. The molecule has 2 aromatic carbocycles. The highest BCUT2D eigenvalue weighted by Crippen LogP contribution is 2.44. The number of piperidine rings is 1. The summed E-state index contributed by atoms with van der Waals surface area (Å²) >= 11 is 0. The zero-order valence-electron chi connectivity index (χ0n) is 25.9. The summed E-state index contributed by atoms with van der Waals surface area (Å²) in [6.07, 6.45) is -10.7. The number of hydrogen-bond acceptors (Lipinski definition) is 3. The van der Waals surface area contributed by atoms with Crippen LogP contribution in [-0.2, 0) is 21.9 Å². The quantitative estimate of drug-likeness (QED) is 0.331. The maximum absolute atomic E-state index is 13.8. The van der Waals surface area contributed by atoms with Gasteiger partial charge in [0.2, 0.25) is 17.7 Å². The fraction of sp³-hybridized carbons (Fsp3) is 0.531. The molecular formula is C32H33F9N4O3. The SMILES string of the molecule is CN(C(=O)N(C)[C@@H]1CN(C(=O)C2CCN(C(=O)C3CC(F)(F)C3)CC2)C[C@H]1c1ccc(F)cc1)c1cc(C(F)(F)F)cc(C(F)(F)F)c1. The Bertz CT molecular complexity index is 1500. The summed E-state index contributed by atoms with van der Waals surface area (Å²) in [6, 6.07) is 4.43. The molecule has 2 atom stereocenters. The molecule has 0 radical (unpaired) electrons.